The summed E-state index contributed by atoms with van der Waals surface area (Å²) in [6.07, 6.45) is 4.39. The van der Waals surface area contributed by atoms with Gasteiger partial charge in [0.1, 0.15) is 12.3 Å². The predicted octanol–water partition coefficient (Wildman–Crippen LogP) is 2.68. The van der Waals surface area contributed by atoms with Crippen LogP contribution in [0.3, 0.4) is 0 Å². The monoisotopic (exact) mass is 420 g/mol. The first kappa shape index (κ1) is 19.3. The number of aliphatic imine (C=N–C) groups is 1. The number of furan rings is 1. The Hall–Kier alpha value is -0.760. The Morgan fingerprint density at radius 3 is 2.77 bits per heavy atom. The van der Waals surface area contributed by atoms with Gasteiger partial charge in [-0.1, -0.05) is 6.92 Å². The molecule has 2 rings (SSSR count). The number of rotatable bonds is 7. The number of guanidine groups is 1. The first-order valence-corrected chi connectivity index (χ1v) is 8.05. The van der Waals surface area contributed by atoms with Crippen LogP contribution in [0.4, 0.5) is 0 Å². The van der Waals surface area contributed by atoms with Crippen LogP contribution in [0, 0.1) is 5.92 Å². The fourth-order valence-electron chi connectivity index (χ4n) is 2.64. The molecule has 0 amide bonds. The van der Waals surface area contributed by atoms with E-state index in [1.165, 1.54) is 32.5 Å². The minimum absolute atomic E-state index is 0. The molecule has 126 valence electrons. The second kappa shape index (κ2) is 10.9. The maximum absolute atomic E-state index is 5.31. The van der Waals surface area contributed by atoms with E-state index in [1.54, 1.807) is 6.26 Å². The molecular weight excluding hydrogens is 391 g/mol. The van der Waals surface area contributed by atoms with Crippen molar-refractivity contribution in [1.82, 2.24) is 15.5 Å². The highest BCUT2D eigenvalue weighted by Gasteiger charge is 2.14. The van der Waals surface area contributed by atoms with Crippen LogP contribution in [0.1, 0.15) is 32.4 Å². The van der Waals surface area contributed by atoms with E-state index in [4.69, 9.17) is 4.42 Å². The van der Waals surface area contributed by atoms with E-state index < -0.39 is 0 Å². The summed E-state index contributed by atoms with van der Waals surface area (Å²) >= 11 is 0. The summed E-state index contributed by atoms with van der Waals surface area (Å²) in [6.45, 7) is 10.4. The van der Waals surface area contributed by atoms with Crippen LogP contribution in [0.2, 0.25) is 0 Å². The summed E-state index contributed by atoms with van der Waals surface area (Å²) in [6, 6.07) is 3.84. The van der Waals surface area contributed by atoms with Gasteiger partial charge in [-0.3, -0.25) is 0 Å². The number of nitrogens with zero attached hydrogens (tertiary/aromatic N) is 2. The average Bonchev–Trinajstić information content (AvgIpc) is 3.15. The van der Waals surface area contributed by atoms with E-state index in [0.29, 0.717) is 12.5 Å². The van der Waals surface area contributed by atoms with Crippen molar-refractivity contribution in [2.75, 3.05) is 32.7 Å². The van der Waals surface area contributed by atoms with Gasteiger partial charge in [0.15, 0.2) is 5.96 Å². The fraction of sp³-hybridized carbons (Fsp3) is 0.688. The van der Waals surface area contributed by atoms with Gasteiger partial charge in [0, 0.05) is 19.6 Å². The lowest BCUT2D eigenvalue weighted by Crippen LogP contribution is -2.41. The fourth-order valence-corrected chi connectivity index (χ4v) is 2.64. The van der Waals surface area contributed by atoms with Crippen molar-refractivity contribution in [3.05, 3.63) is 24.2 Å². The largest absolute Gasteiger partial charge is 0.467 e. The van der Waals surface area contributed by atoms with Crippen molar-refractivity contribution in [3.63, 3.8) is 0 Å². The molecule has 1 aromatic rings. The van der Waals surface area contributed by atoms with E-state index in [-0.39, 0.29) is 24.0 Å². The molecule has 5 nitrogen and oxygen atoms in total. The van der Waals surface area contributed by atoms with Gasteiger partial charge >= 0.3 is 0 Å². The van der Waals surface area contributed by atoms with Crippen LogP contribution in [-0.2, 0) is 6.54 Å². The summed E-state index contributed by atoms with van der Waals surface area (Å²) in [5.74, 6) is 2.37. The molecule has 2 heterocycles. The van der Waals surface area contributed by atoms with Crippen LogP contribution >= 0.6 is 24.0 Å². The maximum Gasteiger partial charge on any atom is 0.191 e. The number of halogens is 1. The Labute approximate surface area is 150 Å². The third-order valence-electron chi connectivity index (χ3n) is 3.70. The summed E-state index contributed by atoms with van der Waals surface area (Å²) in [7, 11) is 0. The zero-order valence-corrected chi connectivity index (χ0v) is 16.0. The molecule has 1 aromatic heterocycles. The first-order chi connectivity index (χ1) is 10.3. The van der Waals surface area contributed by atoms with Crippen molar-refractivity contribution < 1.29 is 4.42 Å². The number of hydrogen-bond acceptors (Lipinski definition) is 3. The van der Waals surface area contributed by atoms with Crippen LogP contribution < -0.4 is 10.6 Å². The molecule has 1 unspecified atom stereocenters. The van der Waals surface area contributed by atoms with Crippen LogP contribution in [0.15, 0.2) is 27.8 Å². The molecule has 0 aromatic carbocycles. The van der Waals surface area contributed by atoms with E-state index in [9.17, 15) is 0 Å². The molecule has 2 N–H and O–H groups in total. The lowest BCUT2D eigenvalue weighted by Gasteiger charge is -2.21. The minimum Gasteiger partial charge on any atom is -0.467 e. The van der Waals surface area contributed by atoms with Gasteiger partial charge in [-0.05, 0) is 50.9 Å². The maximum atomic E-state index is 5.31. The third kappa shape index (κ3) is 7.00. The van der Waals surface area contributed by atoms with Crippen LogP contribution in [0.25, 0.3) is 0 Å². The summed E-state index contributed by atoms with van der Waals surface area (Å²) in [4.78, 5) is 7.10. The SMILES string of the molecule is CCNC(=NCc1ccco1)NCC(C)CN1CCCC1.I. The normalized spacial score (nSPS) is 17.1. The number of likely N-dealkylation sites (tertiary alicyclic amines) is 1. The van der Waals surface area contributed by atoms with E-state index in [0.717, 1.165) is 24.8 Å². The Bertz CT molecular complexity index is 416. The van der Waals surface area contributed by atoms with Gasteiger partial charge in [0.2, 0.25) is 0 Å². The third-order valence-corrected chi connectivity index (χ3v) is 3.70. The van der Waals surface area contributed by atoms with Crippen LogP contribution in [0.5, 0.6) is 0 Å². The molecule has 1 aliphatic heterocycles. The van der Waals surface area contributed by atoms with E-state index >= 15 is 0 Å². The second-order valence-corrected chi connectivity index (χ2v) is 5.77. The van der Waals surface area contributed by atoms with Crippen LogP contribution in [-0.4, -0.2) is 43.6 Å². The summed E-state index contributed by atoms with van der Waals surface area (Å²) in [5, 5.41) is 6.71. The molecule has 1 fully saturated rings. The van der Waals surface area contributed by atoms with Crippen molar-refractivity contribution in [1.29, 1.82) is 0 Å². The predicted molar refractivity (Wildman–Crippen MR) is 102 cm³/mol. The first-order valence-electron chi connectivity index (χ1n) is 8.05. The van der Waals surface area contributed by atoms with Gasteiger partial charge in [0.05, 0.1) is 6.26 Å². The molecule has 0 spiro atoms. The topological polar surface area (TPSA) is 52.8 Å². The van der Waals surface area contributed by atoms with Crippen molar-refractivity contribution >= 4 is 29.9 Å². The molecule has 1 aliphatic rings. The van der Waals surface area contributed by atoms with Gasteiger partial charge in [-0.25, -0.2) is 4.99 Å². The molecule has 1 saturated heterocycles. The quantitative estimate of drug-likeness (QED) is 0.405. The van der Waals surface area contributed by atoms with Gasteiger partial charge in [-0.15, -0.1) is 24.0 Å². The molecular formula is C16H29IN4O. The lowest BCUT2D eigenvalue weighted by molar-refractivity contribution is 0.287. The van der Waals surface area contributed by atoms with Crippen molar-refractivity contribution in [2.24, 2.45) is 10.9 Å². The van der Waals surface area contributed by atoms with Crippen molar-refractivity contribution in [2.45, 2.75) is 33.2 Å². The molecule has 0 bridgehead atoms. The highest BCUT2D eigenvalue weighted by molar-refractivity contribution is 14.0. The van der Waals surface area contributed by atoms with Gasteiger partial charge in [-0.2, -0.15) is 0 Å². The number of nitrogens with one attached hydrogen (secondary N) is 2. The standard InChI is InChI=1S/C16H28N4O.HI/c1-3-17-16(19-12-15-7-6-10-21-15)18-11-14(2)13-20-8-4-5-9-20;/h6-7,10,14H,3-5,8-9,11-13H2,1-2H3,(H2,17,18,19);1H. The zero-order chi connectivity index (χ0) is 14.9. The molecule has 1 atom stereocenters. The Kier molecular flexibility index (Phi) is 9.54. The smallest absolute Gasteiger partial charge is 0.191 e. The highest BCUT2D eigenvalue weighted by Crippen LogP contribution is 2.09. The summed E-state index contributed by atoms with van der Waals surface area (Å²) < 4.78 is 5.31. The lowest BCUT2D eigenvalue weighted by atomic mass is 10.1. The molecule has 0 saturated carbocycles. The van der Waals surface area contributed by atoms with Crippen molar-refractivity contribution in [3.8, 4) is 0 Å². The van der Waals surface area contributed by atoms with E-state index in [2.05, 4.69) is 34.4 Å². The van der Waals surface area contributed by atoms with Gasteiger partial charge < -0.3 is 20.0 Å². The van der Waals surface area contributed by atoms with E-state index in [1.807, 2.05) is 12.1 Å². The Morgan fingerprint density at radius 2 is 2.14 bits per heavy atom. The Morgan fingerprint density at radius 1 is 1.36 bits per heavy atom. The van der Waals surface area contributed by atoms with Gasteiger partial charge in [0.25, 0.3) is 0 Å². The zero-order valence-electron chi connectivity index (χ0n) is 13.7. The summed E-state index contributed by atoms with van der Waals surface area (Å²) in [5.41, 5.74) is 0. The molecule has 22 heavy (non-hydrogen) atoms. The average molecular weight is 420 g/mol. The second-order valence-electron chi connectivity index (χ2n) is 5.77. The minimum atomic E-state index is 0. The number of hydrogen-bond donors (Lipinski definition) is 2. The molecule has 6 heteroatoms. The highest BCUT2D eigenvalue weighted by atomic mass is 127. The Balaban J connectivity index is 0.00000242. The molecule has 0 radical (unpaired) electrons. The molecule has 0 aliphatic carbocycles.